The molecule has 3 aromatic rings. The fourth-order valence-corrected chi connectivity index (χ4v) is 5.30. The summed E-state index contributed by atoms with van der Waals surface area (Å²) in [5.74, 6) is 0.717. The lowest BCUT2D eigenvalue weighted by Gasteiger charge is -2.38. The summed E-state index contributed by atoms with van der Waals surface area (Å²) in [7, 11) is 0. The largest absolute Gasteiger partial charge is 0.283 e. The summed E-state index contributed by atoms with van der Waals surface area (Å²) >= 11 is 1.58. The molecular weight excluding hydrogens is 388 g/mol. The average molecular weight is 417 g/mol. The number of hydrogen-bond acceptors (Lipinski definition) is 3. The van der Waals surface area contributed by atoms with Crippen LogP contribution in [0.1, 0.15) is 43.4 Å². The van der Waals surface area contributed by atoms with Gasteiger partial charge in [-0.05, 0) is 30.4 Å². The molecule has 1 heterocycles. The molecule has 1 aromatic heterocycles. The van der Waals surface area contributed by atoms with Gasteiger partial charge in [0.05, 0.1) is 17.8 Å². The van der Waals surface area contributed by atoms with E-state index >= 15 is 0 Å². The van der Waals surface area contributed by atoms with Crippen molar-refractivity contribution in [3.8, 4) is 11.3 Å². The van der Waals surface area contributed by atoms with E-state index in [-0.39, 0.29) is 11.0 Å². The molecule has 4 rings (SSSR count). The van der Waals surface area contributed by atoms with Crippen LogP contribution in [0.4, 0.5) is 0 Å². The lowest BCUT2D eigenvalue weighted by molar-refractivity contribution is 0.377. The van der Waals surface area contributed by atoms with E-state index in [1.54, 1.807) is 11.8 Å². The van der Waals surface area contributed by atoms with Crippen LogP contribution < -0.4 is 5.56 Å². The molecule has 0 atom stereocenters. The van der Waals surface area contributed by atoms with Crippen molar-refractivity contribution in [2.75, 3.05) is 5.75 Å². The Morgan fingerprint density at radius 3 is 2.50 bits per heavy atom. The SMILES string of the molecule is C=CCSc1nc2c(c(=O)n1Cc1ccccc1)C(CC)(CC)Cc1ccccc1-2. The van der Waals surface area contributed by atoms with Crippen LogP contribution in [0.15, 0.2) is 77.2 Å². The molecule has 0 N–H and O–H groups in total. The van der Waals surface area contributed by atoms with E-state index in [0.717, 1.165) is 46.8 Å². The van der Waals surface area contributed by atoms with Crippen LogP contribution in [0.3, 0.4) is 0 Å². The van der Waals surface area contributed by atoms with Crippen molar-refractivity contribution in [2.45, 2.75) is 50.2 Å². The van der Waals surface area contributed by atoms with Gasteiger partial charge in [-0.15, -0.1) is 6.58 Å². The minimum Gasteiger partial charge on any atom is -0.283 e. The number of benzene rings is 2. The molecule has 1 aliphatic carbocycles. The lowest BCUT2D eigenvalue weighted by Crippen LogP contribution is -2.41. The third-order valence-corrected chi connectivity index (χ3v) is 7.31. The van der Waals surface area contributed by atoms with Crippen LogP contribution in [0.2, 0.25) is 0 Å². The highest BCUT2D eigenvalue weighted by molar-refractivity contribution is 7.99. The molecule has 0 amide bonds. The van der Waals surface area contributed by atoms with E-state index in [4.69, 9.17) is 4.98 Å². The zero-order valence-corrected chi connectivity index (χ0v) is 18.5. The van der Waals surface area contributed by atoms with Gasteiger partial charge < -0.3 is 0 Å². The molecular formula is C26H28N2OS. The molecule has 0 spiro atoms. The number of thioether (sulfide) groups is 1. The van der Waals surface area contributed by atoms with Gasteiger partial charge in [0.1, 0.15) is 0 Å². The molecule has 3 nitrogen and oxygen atoms in total. The van der Waals surface area contributed by atoms with Crippen molar-refractivity contribution >= 4 is 11.8 Å². The van der Waals surface area contributed by atoms with Gasteiger partial charge in [-0.2, -0.15) is 0 Å². The van der Waals surface area contributed by atoms with Gasteiger partial charge in [-0.1, -0.05) is 86.3 Å². The molecule has 0 fully saturated rings. The first-order valence-electron chi connectivity index (χ1n) is 10.6. The Hall–Kier alpha value is -2.59. The van der Waals surface area contributed by atoms with Crippen molar-refractivity contribution in [2.24, 2.45) is 0 Å². The van der Waals surface area contributed by atoms with Crippen LogP contribution in [-0.4, -0.2) is 15.3 Å². The first-order valence-corrected chi connectivity index (χ1v) is 11.6. The Morgan fingerprint density at radius 2 is 1.80 bits per heavy atom. The fourth-order valence-electron chi connectivity index (χ4n) is 4.57. The Morgan fingerprint density at radius 1 is 1.10 bits per heavy atom. The summed E-state index contributed by atoms with van der Waals surface area (Å²) in [6.45, 7) is 8.78. The van der Waals surface area contributed by atoms with Crippen LogP contribution in [-0.2, 0) is 18.4 Å². The number of aromatic nitrogens is 2. The maximum absolute atomic E-state index is 14.0. The third kappa shape index (κ3) is 3.54. The Bertz CT molecular complexity index is 1110. The zero-order valence-electron chi connectivity index (χ0n) is 17.7. The average Bonchev–Trinajstić information content (AvgIpc) is 2.79. The summed E-state index contributed by atoms with van der Waals surface area (Å²) in [6.07, 6.45) is 4.60. The number of fused-ring (bicyclic) bond motifs is 3. The molecule has 0 unspecified atom stereocenters. The Kier molecular flexibility index (Phi) is 5.96. The van der Waals surface area contributed by atoms with Crippen molar-refractivity contribution in [3.63, 3.8) is 0 Å². The van der Waals surface area contributed by atoms with Crippen LogP contribution in [0.5, 0.6) is 0 Å². The fraction of sp³-hybridized carbons (Fsp3) is 0.308. The molecule has 2 aromatic carbocycles. The van der Waals surface area contributed by atoms with E-state index in [1.807, 2.05) is 34.9 Å². The lowest BCUT2D eigenvalue weighted by atomic mass is 9.66. The molecule has 0 aliphatic heterocycles. The maximum atomic E-state index is 14.0. The van der Waals surface area contributed by atoms with Gasteiger partial charge in [0.15, 0.2) is 5.16 Å². The van der Waals surface area contributed by atoms with Crippen molar-refractivity contribution < 1.29 is 0 Å². The molecule has 0 bridgehead atoms. The highest BCUT2D eigenvalue weighted by Gasteiger charge is 2.40. The van der Waals surface area contributed by atoms with E-state index in [1.165, 1.54) is 5.56 Å². The first-order chi connectivity index (χ1) is 14.6. The molecule has 154 valence electrons. The highest BCUT2D eigenvalue weighted by atomic mass is 32.2. The van der Waals surface area contributed by atoms with Gasteiger partial charge in [0, 0.05) is 16.7 Å². The highest BCUT2D eigenvalue weighted by Crippen LogP contribution is 2.45. The summed E-state index contributed by atoms with van der Waals surface area (Å²) in [5, 5.41) is 0.764. The second-order valence-corrected chi connectivity index (χ2v) is 8.90. The van der Waals surface area contributed by atoms with Gasteiger partial charge in [0.25, 0.3) is 5.56 Å². The second kappa shape index (κ2) is 8.65. The molecule has 0 radical (unpaired) electrons. The molecule has 4 heteroatoms. The quantitative estimate of drug-likeness (QED) is 0.275. The summed E-state index contributed by atoms with van der Waals surface area (Å²) in [5.41, 5.74) is 5.21. The van der Waals surface area contributed by atoms with Crippen LogP contribution in [0.25, 0.3) is 11.3 Å². The van der Waals surface area contributed by atoms with E-state index in [9.17, 15) is 4.79 Å². The normalized spacial score (nSPS) is 14.1. The summed E-state index contributed by atoms with van der Waals surface area (Å²) in [6, 6.07) is 18.6. The maximum Gasteiger partial charge on any atom is 0.258 e. The molecule has 30 heavy (non-hydrogen) atoms. The van der Waals surface area contributed by atoms with Crippen molar-refractivity contribution in [1.82, 2.24) is 9.55 Å². The van der Waals surface area contributed by atoms with E-state index in [0.29, 0.717) is 12.3 Å². The zero-order chi connectivity index (χ0) is 21.1. The second-order valence-electron chi connectivity index (χ2n) is 7.92. The van der Waals surface area contributed by atoms with E-state index in [2.05, 4.69) is 50.8 Å². The smallest absolute Gasteiger partial charge is 0.258 e. The van der Waals surface area contributed by atoms with Gasteiger partial charge in [-0.25, -0.2) is 4.98 Å². The Labute approximate surface area is 182 Å². The minimum absolute atomic E-state index is 0.105. The summed E-state index contributed by atoms with van der Waals surface area (Å²) in [4.78, 5) is 19.1. The molecule has 0 saturated heterocycles. The van der Waals surface area contributed by atoms with Crippen molar-refractivity contribution in [3.05, 3.63) is 94.3 Å². The monoisotopic (exact) mass is 416 g/mol. The first kappa shape index (κ1) is 20.7. The van der Waals surface area contributed by atoms with Crippen LogP contribution >= 0.6 is 11.8 Å². The number of hydrogen-bond donors (Lipinski definition) is 0. The third-order valence-electron chi connectivity index (χ3n) is 6.33. The number of nitrogens with zero attached hydrogens (tertiary/aromatic N) is 2. The predicted molar refractivity (Wildman–Crippen MR) is 126 cm³/mol. The topological polar surface area (TPSA) is 34.9 Å². The van der Waals surface area contributed by atoms with Gasteiger partial charge in [-0.3, -0.25) is 9.36 Å². The van der Waals surface area contributed by atoms with E-state index < -0.39 is 0 Å². The molecule has 0 saturated carbocycles. The summed E-state index contributed by atoms with van der Waals surface area (Å²) < 4.78 is 1.87. The Balaban J connectivity index is 1.99. The number of rotatable bonds is 7. The van der Waals surface area contributed by atoms with Crippen LogP contribution in [0, 0.1) is 0 Å². The molecule has 1 aliphatic rings. The van der Waals surface area contributed by atoms with Crippen molar-refractivity contribution in [1.29, 1.82) is 0 Å². The minimum atomic E-state index is -0.173. The predicted octanol–water partition coefficient (Wildman–Crippen LogP) is 5.85. The standard InChI is InChI=1S/C26H28N2OS/c1-4-16-30-25-27-23-21-15-11-10-14-20(21)17-26(5-2,6-3)22(23)24(29)28(25)18-19-12-8-7-9-13-19/h4,7-15H,1,5-6,16-18H2,2-3H3. The van der Waals surface area contributed by atoms with Gasteiger partial charge >= 0.3 is 0 Å². The van der Waals surface area contributed by atoms with Gasteiger partial charge in [0.2, 0.25) is 0 Å².